The molecule has 0 bridgehead atoms. The Balaban J connectivity index is 1.17. The van der Waals surface area contributed by atoms with Crippen molar-refractivity contribution in [1.29, 1.82) is 0 Å². The van der Waals surface area contributed by atoms with Crippen molar-refractivity contribution >= 4 is 17.8 Å². The molecule has 3 heterocycles. The van der Waals surface area contributed by atoms with E-state index in [0.29, 0.717) is 31.0 Å². The van der Waals surface area contributed by atoms with Gasteiger partial charge in [-0.1, -0.05) is 30.3 Å². The molecule has 6 rings (SSSR count). The van der Waals surface area contributed by atoms with Crippen molar-refractivity contribution in [1.82, 2.24) is 25.8 Å². The summed E-state index contributed by atoms with van der Waals surface area (Å²) in [7, 11) is 3.62. The van der Waals surface area contributed by atoms with Crippen molar-refractivity contribution in [3.63, 3.8) is 0 Å². The summed E-state index contributed by atoms with van der Waals surface area (Å²) >= 11 is 0. The number of likely N-dealkylation sites (N-methyl/N-ethyl adjacent to an activating group) is 1. The molecule has 4 amide bonds. The first-order chi connectivity index (χ1) is 20.3. The number of benzene rings is 2. The van der Waals surface area contributed by atoms with E-state index in [-0.39, 0.29) is 42.0 Å². The Hall–Kier alpha value is -3.79. The lowest BCUT2D eigenvalue weighted by Crippen LogP contribution is -2.57. The van der Waals surface area contributed by atoms with Gasteiger partial charge in [-0.3, -0.25) is 9.59 Å². The van der Waals surface area contributed by atoms with Crippen LogP contribution in [-0.4, -0.2) is 86.8 Å². The van der Waals surface area contributed by atoms with E-state index in [1.807, 2.05) is 49.3 Å². The fraction of sp³-hybridized carbons (Fsp3) is 0.531. The lowest BCUT2D eigenvalue weighted by atomic mass is 9.73. The summed E-state index contributed by atoms with van der Waals surface area (Å²) in [6.07, 6.45) is 4.59. The van der Waals surface area contributed by atoms with E-state index < -0.39 is 6.04 Å². The average molecular weight is 576 g/mol. The van der Waals surface area contributed by atoms with Crippen molar-refractivity contribution in [3.05, 3.63) is 59.2 Å². The smallest absolute Gasteiger partial charge is 0.315 e. The molecule has 1 spiro atoms. The summed E-state index contributed by atoms with van der Waals surface area (Å²) in [5.41, 5.74) is 3.12. The maximum absolute atomic E-state index is 14.0. The van der Waals surface area contributed by atoms with Gasteiger partial charge in [0.1, 0.15) is 6.04 Å². The van der Waals surface area contributed by atoms with E-state index in [1.165, 1.54) is 5.56 Å². The Morgan fingerprint density at radius 1 is 1.10 bits per heavy atom. The number of hydrogen-bond donors (Lipinski definition) is 3. The molecule has 0 unspecified atom stereocenters. The van der Waals surface area contributed by atoms with Crippen LogP contribution in [0.5, 0.6) is 11.5 Å². The minimum Gasteiger partial charge on any atom is -0.454 e. The van der Waals surface area contributed by atoms with Crippen LogP contribution >= 0.6 is 0 Å². The maximum Gasteiger partial charge on any atom is 0.315 e. The Morgan fingerprint density at radius 3 is 2.64 bits per heavy atom. The normalized spacial score (nSPS) is 22.8. The van der Waals surface area contributed by atoms with Gasteiger partial charge >= 0.3 is 6.03 Å². The van der Waals surface area contributed by atoms with Gasteiger partial charge in [0.15, 0.2) is 11.5 Å². The van der Waals surface area contributed by atoms with Crippen LogP contribution in [0.2, 0.25) is 0 Å². The van der Waals surface area contributed by atoms with Gasteiger partial charge < -0.3 is 35.2 Å². The first kappa shape index (κ1) is 28.3. The third kappa shape index (κ3) is 5.64. The molecule has 3 atom stereocenters. The predicted octanol–water partition coefficient (Wildman–Crippen LogP) is 2.51. The molecule has 0 radical (unpaired) electrons. The summed E-state index contributed by atoms with van der Waals surface area (Å²) in [5, 5.41) is 9.35. The van der Waals surface area contributed by atoms with Gasteiger partial charge in [0.25, 0.3) is 0 Å². The number of ether oxygens (including phenoxy) is 2. The Kier molecular flexibility index (Phi) is 7.98. The predicted molar refractivity (Wildman–Crippen MR) is 158 cm³/mol. The van der Waals surface area contributed by atoms with E-state index in [9.17, 15) is 14.4 Å². The summed E-state index contributed by atoms with van der Waals surface area (Å²) < 4.78 is 11.0. The van der Waals surface area contributed by atoms with E-state index in [4.69, 9.17) is 9.47 Å². The zero-order valence-corrected chi connectivity index (χ0v) is 24.5. The van der Waals surface area contributed by atoms with Gasteiger partial charge in [-0.05, 0) is 67.5 Å². The number of urea groups is 1. The molecule has 0 saturated carbocycles. The fourth-order valence-corrected chi connectivity index (χ4v) is 7.14. The lowest BCUT2D eigenvalue weighted by Gasteiger charge is -2.41. The number of rotatable bonds is 6. The molecule has 10 nitrogen and oxygen atoms in total. The molecule has 42 heavy (non-hydrogen) atoms. The molecule has 0 aromatic heterocycles. The molecule has 3 N–H and O–H groups in total. The van der Waals surface area contributed by atoms with Crippen molar-refractivity contribution in [2.45, 2.75) is 61.9 Å². The van der Waals surface area contributed by atoms with Crippen LogP contribution < -0.4 is 25.4 Å². The number of amides is 4. The van der Waals surface area contributed by atoms with Gasteiger partial charge in [-0.25, -0.2) is 4.79 Å². The molecule has 3 aliphatic heterocycles. The molecule has 1 aliphatic carbocycles. The second kappa shape index (κ2) is 11.8. The van der Waals surface area contributed by atoms with Crippen molar-refractivity contribution in [2.75, 3.05) is 47.1 Å². The van der Waals surface area contributed by atoms with E-state index >= 15 is 0 Å². The monoisotopic (exact) mass is 575 g/mol. The highest BCUT2D eigenvalue weighted by Crippen LogP contribution is 2.52. The minimum atomic E-state index is -0.727. The number of carbonyl (C=O) groups is 3. The molecule has 2 fully saturated rings. The van der Waals surface area contributed by atoms with Crippen LogP contribution in [0.1, 0.15) is 54.7 Å². The second-order valence-corrected chi connectivity index (χ2v) is 12.3. The standard InChI is InChI=1S/C32H41N5O5/c1-36(2)29(38)24-18-32(25-8-4-3-7-23(24)25)11-14-37(15-12-32)30(39)26(35-31(40)34-22-6-5-13-33-19-22)16-21-9-10-27-28(17-21)42-20-41-27/h3-4,7-10,17,22,24,26,33H,5-6,11-16,18-20H2,1-2H3,(H2,34,35,40)/t22-,24-,26-/m1/s1. The summed E-state index contributed by atoms with van der Waals surface area (Å²) in [5.74, 6) is 1.22. The van der Waals surface area contributed by atoms with Crippen molar-refractivity contribution in [3.8, 4) is 11.5 Å². The van der Waals surface area contributed by atoms with Gasteiger partial charge in [0, 0.05) is 51.6 Å². The summed E-state index contributed by atoms with van der Waals surface area (Å²) in [6.45, 7) is 3.00. The third-order valence-corrected chi connectivity index (χ3v) is 9.39. The number of fused-ring (bicyclic) bond motifs is 3. The van der Waals surface area contributed by atoms with Crippen LogP contribution in [0.15, 0.2) is 42.5 Å². The first-order valence-electron chi connectivity index (χ1n) is 15.1. The van der Waals surface area contributed by atoms with Crippen LogP contribution in [-0.2, 0) is 21.4 Å². The average Bonchev–Trinajstić information content (AvgIpc) is 3.60. The fourth-order valence-electron chi connectivity index (χ4n) is 7.14. The van der Waals surface area contributed by atoms with Crippen molar-refractivity contribution < 1.29 is 23.9 Å². The second-order valence-electron chi connectivity index (χ2n) is 12.3. The van der Waals surface area contributed by atoms with E-state index in [1.54, 1.807) is 4.90 Å². The number of hydrogen-bond acceptors (Lipinski definition) is 6. The van der Waals surface area contributed by atoms with Gasteiger partial charge in [0.2, 0.25) is 18.6 Å². The molecule has 2 aromatic carbocycles. The van der Waals surface area contributed by atoms with E-state index in [0.717, 1.165) is 56.3 Å². The lowest BCUT2D eigenvalue weighted by molar-refractivity contribution is -0.135. The highest BCUT2D eigenvalue weighted by Gasteiger charge is 2.48. The van der Waals surface area contributed by atoms with Crippen molar-refractivity contribution in [2.24, 2.45) is 0 Å². The highest BCUT2D eigenvalue weighted by atomic mass is 16.7. The molecule has 4 aliphatic rings. The molecule has 10 heteroatoms. The quantitative estimate of drug-likeness (QED) is 0.488. The van der Waals surface area contributed by atoms with Crippen LogP contribution in [0, 0.1) is 0 Å². The largest absolute Gasteiger partial charge is 0.454 e. The molecular formula is C32H41N5O5. The Bertz CT molecular complexity index is 1330. The van der Waals surface area contributed by atoms with Crippen LogP contribution in [0.4, 0.5) is 4.79 Å². The topological polar surface area (TPSA) is 112 Å². The van der Waals surface area contributed by atoms with Gasteiger partial charge in [-0.15, -0.1) is 0 Å². The number of nitrogens with one attached hydrogen (secondary N) is 3. The van der Waals surface area contributed by atoms with Crippen LogP contribution in [0.3, 0.4) is 0 Å². The SMILES string of the molecule is CN(C)C(=O)[C@@H]1CC2(CCN(C(=O)[C@@H](Cc3ccc4c(c3)OCO4)NC(=O)N[C@@H]3CCCNC3)CC2)c2ccccc21. The molecule has 2 saturated heterocycles. The Morgan fingerprint density at radius 2 is 1.88 bits per heavy atom. The zero-order valence-electron chi connectivity index (χ0n) is 24.5. The highest BCUT2D eigenvalue weighted by molar-refractivity contribution is 5.88. The number of nitrogens with zero attached hydrogens (tertiary/aromatic N) is 2. The zero-order chi connectivity index (χ0) is 29.3. The van der Waals surface area contributed by atoms with E-state index in [2.05, 4.69) is 28.1 Å². The summed E-state index contributed by atoms with van der Waals surface area (Å²) in [4.78, 5) is 43.8. The third-order valence-electron chi connectivity index (χ3n) is 9.39. The van der Waals surface area contributed by atoms with Crippen LogP contribution in [0.25, 0.3) is 0 Å². The molecule has 224 valence electrons. The number of piperidine rings is 2. The maximum atomic E-state index is 14.0. The van der Waals surface area contributed by atoms with Gasteiger partial charge in [-0.2, -0.15) is 0 Å². The summed E-state index contributed by atoms with van der Waals surface area (Å²) in [6, 6.07) is 12.9. The Labute approximate surface area is 247 Å². The number of likely N-dealkylation sites (tertiary alicyclic amines) is 1. The first-order valence-corrected chi connectivity index (χ1v) is 15.1. The minimum absolute atomic E-state index is 0.0372. The molecule has 2 aromatic rings. The number of carbonyl (C=O) groups excluding carboxylic acids is 3. The van der Waals surface area contributed by atoms with Gasteiger partial charge in [0.05, 0.1) is 5.92 Å². The molecular weight excluding hydrogens is 534 g/mol.